The smallest absolute Gasteiger partial charge is 0.0697 e. The van der Waals surface area contributed by atoms with Crippen molar-refractivity contribution in [1.82, 2.24) is 15.0 Å². The summed E-state index contributed by atoms with van der Waals surface area (Å²) in [4.78, 5) is 2.40. The average molecular weight is 242 g/mol. The van der Waals surface area contributed by atoms with E-state index >= 15 is 0 Å². The van der Waals surface area contributed by atoms with Gasteiger partial charge in [0.05, 0.1) is 36.7 Å². The Morgan fingerprint density at radius 3 is 2.33 bits per heavy atom. The molecule has 2 aromatic rings. The minimum atomic E-state index is 0.463. The highest BCUT2D eigenvalue weighted by Gasteiger charge is 2.48. The maximum Gasteiger partial charge on any atom is 0.0697 e. The van der Waals surface area contributed by atoms with Crippen LogP contribution in [-0.2, 0) is 4.74 Å². The number of nitrogens with zero attached hydrogens (tertiary/aromatic N) is 4. The van der Waals surface area contributed by atoms with Crippen molar-refractivity contribution in [2.75, 3.05) is 31.2 Å². The third-order valence-corrected chi connectivity index (χ3v) is 3.77. The van der Waals surface area contributed by atoms with E-state index in [1.807, 2.05) is 6.20 Å². The second-order valence-electron chi connectivity index (χ2n) is 5.21. The fourth-order valence-electron chi connectivity index (χ4n) is 2.68. The van der Waals surface area contributed by atoms with Crippen LogP contribution in [0.1, 0.15) is 0 Å². The van der Waals surface area contributed by atoms with E-state index in [1.165, 1.54) is 5.69 Å². The zero-order valence-electron chi connectivity index (χ0n) is 9.99. The van der Waals surface area contributed by atoms with Crippen LogP contribution in [0.3, 0.4) is 0 Å². The van der Waals surface area contributed by atoms with Crippen LogP contribution in [0.2, 0.25) is 0 Å². The summed E-state index contributed by atoms with van der Waals surface area (Å²) >= 11 is 0. The molecule has 0 saturated carbocycles. The fourth-order valence-corrected chi connectivity index (χ4v) is 2.68. The lowest BCUT2D eigenvalue weighted by molar-refractivity contribution is -0.127. The third-order valence-electron chi connectivity index (χ3n) is 3.77. The normalized spacial score (nSPS) is 20.6. The van der Waals surface area contributed by atoms with Gasteiger partial charge in [-0.05, 0) is 24.3 Å². The van der Waals surface area contributed by atoms with Crippen LogP contribution < -0.4 is 4.90 Å². The van der Waals surface area contributed by atoms with E-state index < -0.39 is 0 Å². The molecule has 0 amide bonds. The molecule has 5 heteroatoms. The van der Waals surface area contributed by atoms with E-state index in [4.69, 9.17) is 4.74 Å². The molecule has 1 aromatic carbocycles. The molecule has 0 radical (unpaired) electrons. The second-order valence-corrected chi connectivity index (χ2v) is 5.21. The predicted molar refractivity (Wildman–Crippen MR) is 66.8 cm³/mol. The van der Waals surface area contributed by atoms with Gasteiger partial charge in [0, 0.05) is 18.8 Å². The Bertz CT molecular complexity index is 537. The first kappa shape index (κ1) is 10.1. The van der Waals surface area contributed by atoms with Crippen LogP contribution in [0.15, 0.2) is 36.7 Å². The molecule has 0 N–H and O–H groups in total. The Labute approximate surface area is 105 Å². The van der Waals surface area contributed by atoms with Gasteiger partial charge >= 0.3 is 0 Å². The van der Waals surface area contributed by atoms with Crippen molar-refractivity contribution >= 4 is 5.69 Å². The first-order valence-corrected chi connectivity index (χ1v) is 6.14. The largest absolute Gasteiger partial charge is 0.380 e. The van der Waals surface area contributed by atoms with Crippen molar-refractivity contribution in [3.63, 3.8) is 0 Å². The van der Waals surface area contributed by atoms with Crippen LogP contribution in [0.5, 0.6) is 0 Å². The van der Waals surface area contributed by atoms with Crippen molar-refractivity contribution in [3.05, 3.63) is 36.7 Å². The Balaban J connectivity index is 1.50. The highest BCUT2D eigenvalue weighted by atomic mass is 16.5. The summed E-state index contributed by atoms with van der Waals surface area (Å²) in [5.74, 6) is 0. The van der Waals surface area contributed by atoms with Crippen molar-refractivity contribution < 1.29 is 4.74 Å². The van der Waals surface area contributed by atoms with Crippen LogP contribution in [0.25, 0.3) is 5.69 Å². The molecule has 2 saturated heterocycles. The Morgan fingerprint density at radius 2 is 1.78 bits per heavy atom. The van der Waals surface area contributed by atoms with Gasteiger partial charge in [-0.2, -0.15) is 0 Å². The molecule has 1 spiro atoms. The van der Waals surface area contributed by atoms with E-state index in [0.717, 1.165) is 32.0 Å². The lowest BCUT2D eigenvalue weighted by Gasteiger charge is -2.56. The van der Waals surface area contributed by atoms with Gasteiger partial charge in [-0.1, -0.05) is 5.21 Å². The summed E-state index contributed by atoms with van der Waals surface area (Å²) in [6.45, 7) is 4.10. The van der Waals surface area contributed by atoms with Gasteiger partial charge in [-0.25, -0.2) is 4.68 Å². The first-order valence-electron chi connectivity index (χ1n) is 6.14. The number of rotatable bonds is 2. The second kappa shape index (κ2) is 3.55. The molecule has 18 heavy (non-hydrogen) atoms. The predicted octanol–water partition coefficient (Wildman–Crippen LogP) is 1.10. The molecule has 0 atom stereocenters. The van der Waals surface area contributed by atoms with E-state index in [9.17, 15) is 0 Å². The quantitative estimate of drug-likeness (QED) is 0.791. The van der Waals surface area contributed by atoms with Gasteiger partial charge in [0.2, 0.25) is 0 Å². The molecule has 92 valence electrons. The molecule has 0 aliphatic carbocycles. The molecule has 3 heterocycles. The number of hydrogen-bond donors (Lipinski definition) is 0. The maximum atomic E-state index is 5.29. The standard InChI is InChI=1S/C13H14N4O/c1-3-12(17-6-5-14-15-17)4-2-11(1)16-7-13(8-16)9-18-10-13/h1-6H,7-10H2. The lowest BCUT2D eigenvalue weighted by Crippen LogP contribution is -2.66. The number of anilines is 1. The third kappa shape index (κ3) is 1.44. The molecule has 2 aliphatic heterocycles. The number of benzene rings is 1. The molecular weight excluding hydrogens is 228 g/mol. The molecule has 0 bridgehead atoms. The van der Waals surface area contributed by atoms with E-state index in [-0.39, 0.29) is 0 Å². The molecule has 5 nitrogen and oxygen atoms in total. The van der Waals surface area contributed by atoms with E-state index in [2.05, 4.69) is 39.5 Å². The van der Waals surface area contributed by atoms with Crippen LogP contribution >= 0.6 is 0 Å². The minimum Gasteiger partial charge on any atom is -0.380 e. The topological polar surface area (TPSA) is 43.2 Å². The van der Waals surface area contributed by atoms with Crippen molar-refractivity contribution in [3.8, 4) is 5.69 Å². The SMILES string of the molecule is c1cn(-c2ccc(N3CC4(COC4)C3)cc2)nn1. The Morgan fingerprint density at radius 1 is 1.06 bits per heavy atom. The maximum absolute atomic E-state index is 5.29. The summed E-state index contributed by atoms with van der Waals surface area (Å²) in [6, 6.07) is 8.44. The summed E-state index contributed by atoms with van der Waals surface area (Å²) in [5, 5.41) is 7.79. The van der Waals surface area contributed by atoms with Gasteiger partial charge in [0.15, 0.2) is 0 Å². The van der Waals surface area contributed by atoms with E-state index in [1.54, 1.807) is 10.9 Å². The highest BCUT2D eigenvalue weighted by molar-refractivity contribution is 5.53. The van der Waals surface area contributed by atoms with Gasteiger partial charge < -0.3 is 9.64 Å². The summed E-state index contributed by atoms with van der Waals surface area (Å²) in [7, 11) is 0. The lowest BCUT2D eigenvalue weighted by atomic mass is 9.78. The minimum absolute atomic E-state index is 0.463. The molecule has 2 aliphatic rings. The molecule has 0 unspecified atom stereocenters. The van der Waals surface area contributed by atoms with Gasteiger partial charge in [0.25, 0.3) is 0 Å². The van der Waals surface area contributed by atoms with Crippen LogP contribution in [0.4, 0.5) is 5.69 Å². The zero-order chi connectivity index (χ0) is 12.0. The Hall–Kier alpha value is -1.88. The highest BCUT2D eigenvalue weighted by Crippen LogP contribution is 2.40. The van der Waals surface area contributed by atoms with Crippen molar-refractivity contribution in [2.45, 2.75) is 0 Å². The Kier molecular flexibility index (Phi) is 1.99. The number of aromatic nitrogens is 3. The fraction of sp³-hybridized carbons (Fsp3) is 0.385. The van der Waals surface area contributed by atoms with Gasteiger partial charge in [-0.3, -0.25) is 0 Å². The first-order chi connectivity index (χ1) is 8.85. The van der Waals surface area contributed by atoms with Crippen molar-refractivity contribution in [2.24, 2.45) is 5.41 Å². The number of ether oxygens (including phenoxy) is 1. The molecule has 2 fully saturated rings. The molecular formula is C13H14N4O. The van der Waals surface area contributed by atoms with Crippen molar-refractivity contribution in [1.29, 1.82) is 0 Å². The summed E-state index contributed by atoms with van der Waals surface area (Å²) < 4.78 is 7.05. The molecule has 4 rings (SSSR count). The monoisotopic (exact) mass is 242 g/mol. The van der Waals surface area contributed by atoms with Gasteiger partial charge in [-0.15, -0.1) is 5.10 Å². The van der Waals surface area contributed by atoms with Crippen LogP contribution in [-0.4, -0.2) is 41.3 Å². The molecule has 1 aromatic heterocycles. The zero-order valence-corrected chi connectivity index (χ0v) is 9.99. The average Bonchev–Trinajstić information content (AvgIpc) is 2.79. The van der Waals surface area contributed by atoms with Crippen LogP contribution in [0, 0.1) is 5.41 Å². The van der Waals surface area contributed by atoms with E-state index in [0.29, 0.717) is 5.41 Å². The number of hydrogen-bond acceptors (Lipinski definition) is 4. The van der Waals surface area contributed by atoms with Gasteiger partial charge in [0.1, 0.15) is 0 Å². The summed E-state index contributed by atoms with van der Waals surface area (Å²) in [5.41, 5.74) is 2.78. The summed E-state index contributed by atoms with van der Waals surface area (Å²) in [6.07, 6.45) is 3.53.